The predicted octanol–water partition coefficient (Wildman–Crippen LogP) is 3.76. The number of carbonyl (C=O) groups excluding carboxylic acids is 1. The Hall–Kier alpha value is -0.570. The predicted molar refractivity (Wildman–Crippen MR) is 83.1 cm³/mol. The number of primary amides is 1. The Morgan fingerprint density at radius 2 is 1.26 bits per heavy atom. The monoisotopic (exact) mass is 270 g/mol. The van der Waals surface area contributed by atoms with Crippen LogP contribution in [-0.2, 0) is 4.79 Å². The van der Waals surface area contributed by atoms with E-state index in [-0.39, 0.29) is 5.91 Å². The Kier molecular flexibility index (Phi) is 15.0. The summed E-state index contributed by atoms with van der Waals surface area (Å²) in [6.45, 7) is 4.49. The summed E-state index contributed by atoms with van der Waals surface area (Å²) in [7, 11) is 0. The summed E-state index contributed by atoms with van der Waals surface area (Å²) in [4.78, 5) is 10.5. The number of hydrogen-bond acceptors (Lipinski definition) is 2. The van der Waals surface area contributed by atoms with Gasteiger partial charge in [0.05, 0.1) is 0 Å². The van der Waals surface area contributed by atoms with Crippen molar-refractivity contribution in [2.24, 2.45) is 5.73 Å². The first-order chi connectivity index (χ1) is 9.27. The molecule has 0 bridgehead atoms. The lowest BCUT2D eigenvalue weighted by atomic mass is 10.1. The van der Waals surface area contributed by atoms with Gasteiger partial charge < -0.3 is 11.1 Å². The highest BCUT2D eigenvalue weighted by Gasteiger charge is 1.95. The van der Waals surface area contributed by atoms with Gasteiger partial charge in [-0.25, -0.2) is 0 Å². The Bertz CT molecular complexity index is 195. The summed E-state index contributed by atoms with van der Waals surface area (Å²) >= 11 is 0. The fraction of sp³-hybridized carbons (Fsp3) is 0.938. The van der Waals surface area contributed by atoms with Crippen LogP contribution in [0, 0.1) is 0 Å². The van der Waals surface area contributed by atoms with E-state index >= 15 is 0 Å². The number of unbranched alkanes of at least 4 members (excludes halogenated alkanes) is 9. The quantitative estimate of drug-likeness (QED) is 0.445. The summed E-state index contributed by atoms with van der Waals surface area (Å²) in [6.07, 6.45) is 14.8. The molecular formula is C16H34N2O. The number of rotatable bonds is 15. The maximum absolute atomic E-state index is 10.5. The first-order valence-electron chi connectivity index (χ1n) is 8.26. The molecular weight excluding hydrogens is 236 g/mol. The summed E-state index contributed by atoms with van der Waals surface area (Å²) in [5.41, 5.74) is 5.09. The zero-order chi connectivity index (χ0) is 14.2. The molecule has 3 N–H and O–H groups in total. The maximum atomic E-state index is 10.5. The van der Waals surface area contributed by atoms with Crippen LogP contribution < -0.4 is 11.1 Å². The standard InChI is InChI=1S/C16H34N2O/c1-2-3-4-5-6-7-8-11-14-18-15-12-9-10-13-16(17)19/h18H,2-15H2,1H3,(H2,17,19). The van der Waals surface area contributed by atoms with Gasteiger partial charge in [-0.3, -0.25) is 4.79 Å². The molecule has 0 aliphatic rings. The molecule has 0 heterocycles. The molecule has 0 aliphatic carbocycles. The third-order valence-electron chi connectivity index (χ3n) is 3.48. The third-order valence-corrected chi connectivity index (χ3v) is 3.48. The molecule has 0 unspecified atom stereocenters. The minimum absolute atomic E-state index is 0.174. The molecule has 0 aromatic rings. The maximum Gasteiger partial charge on any atom is 0.217 e. The second kappa shape index (κ2) is 15.5. The molecule has 0 aliphatic heterocycles. The van der Waals surface area contributed by atoms with E-state index in [1.54, 1.807) is 0 Å². The Balaban J connectivity index is 2.93. The van der Waals surface area contributed by atoms with E-state index in [1.807, 2.05) is 0 Å². The second-order valence-corrected chi connectivity index (χ2v) is 5.50. The lowest BCUT2D eigenvalue weighted by Crippen LogP contribution is -2.16. The van der Waals surface area contributed by atoms with Crippen LogP contribution in [0.3, 0.4) is 0 Å². The first-order valence-corrected chi connectivity index (χ1v) is 8.26. The van der Waals surface area contributed by atoms with Gasteiger partial charge in [0.25, 0.3) is 0 Å². The van der Waals surface area contributed by atoms with Crippen LogP contribution in [0.2, 0.25) is 0 Å². The number of amides is 1. The van der Waals surface area contributed by atoms with Gasteiger partial charge in [-0.1, -0.05) is 58.3 Å². The van der Waals surface area contributed by atoms with Crippen LogP contribution >= 0.6 is 0 Å². The molecule has 3 nitrogen and oxygen atoms in total. The summed E-state index contributed by atoms with van der Waals surface area (Å²) in [5.74, 6) is -0.174. The molecule has 19 heavy (non-hydrogen) atoms. The van der Waals surface area contributed by atoms with E-state index in [9.17, 15) is 4.79 Å². The second-order valence-electron chi connectivity index (χ2n) is 5.50. The summed E-state index contributed by atoms with van der Waals surface area (Å²) < 4.78 is 0. The molecule has 0 saturated carbocycles. The summed E-state index contributed by atoms with van der Waals surface area (Å²) in [5, 5.41) is 3.47. The average Bonchev–Trinajstić information content (AvgIpc) is 2.39. The van der Waals surface area contributed by atoms with E-state index in [2.05, 4.69) is 12.2 Å². The normalized spacial score (nSPS) is 10.8. The zero-order valence-corrected chi connectivity index (χ0v) is 12.9. The van der Waals surface area contributed by atoms with E-state index < -0.39 is 0 Å². The van der Waals surface area contributed by atoms with Crippen molar-refractivity contribution in [3.05, 3.63) is 0 Å². The van der Waals surface area contributed by atoms with Crippen LogP contribution in [0.4, 0.5) is 0 Å². The zero-order valence-electron chi connectivity index (χ0n) is 12.9. The third kappa shape index (κ3) is 17.4. The lowest BCUT2D eigenvalue weighted by molar-refractivity contribution is -0.118. The van der Waals surface area contributed by atoms with Gasteiger partial charge >= 0.3 is 0 Å². The molecule has 1 amide bonds. The smallest absolute Gasteiger partial charge is 0.217 e. The number of nitrogens with two attached hydrogens (primary N) is 1. The van der Waals surface area contributed by atoms with E-state index in [0.29, 0.717) is 6.42 Å². The van der Waals surface area contributed by atoms with Gasteiger partial charge in [-0.2, -0.15) is 0 Å². The van der Waals surface area contributed by atoms with Crippen LogP contribution in [0.25, 0.3) is 0 Å². The topological polar surface area (TPSA) is 55.1 Å². The van der Waals surface area contributed by atoms with Gasteiger partial charge in [0.2, 0.25) is 5.91 Å². The molecule has 0 saturated heterocycles. The van der Waals surface area contributed by atoms with Gasteiger partial charge in [-0.05, 0) is 32.4 Å². The van der Waals surface area contributed by atoms with Crippen molar-refractivity contribution in [3.8, 4) is 0 Å². The minimum atomic E-state index is -0.174. The Morgan fingerprint density at radius 3 is 1.79 bits per heavy atom. The highest BCUT2D eigenvalue weighted by Crippen LogP contribution is 2.07. The Labute approximate surface area is 119 Å². The first kappa shape index (κ1) is 18.4. The number of carbonyl (C=O) groups is 1. The van der Waals surface area contributed by atoms with Crippen LogP contribution in [-0.4, -0.2) is 19.0 Å². The van der Waals surface area contributed by atoms with Crippen molar-refractivity contribution in [1.29, 1.82) is 0 Å². The molecule has 0 aromatic carbocycles. The molecule has 0 atom stereocenters. The van der Waals surface area contributed by atoms with Crippen molar-refractivity contribution in [3.63, 3.8) is 0 Å². The van der Waals surface area contributed by atoms with Crippen LogP contribution in [0.1, 0.15) is 84.0 Å². The molecule has 0 rings (SSSR count). The van der Waals surface area contributed by atoms with E-state index in [0.717, 1.165) is 32.4 Å². The minimum Gasteiger partial charge on any atom is -0.370 e. The van der Waals surface area contributed by atoms with Crippen molar-refractivity contribution >= 4 is 5.91 Å². The van der Waals surface area contributed by atoms with Crippen LogP contribution in [0.15, 0.2) is 0 Å². The highest BCUT2D eigenvalue weighted by molar-refractivity contribution is 5.73. The largest absolute Gasteiger partial charge is 0.370 e. The molecule has 3 heteroatoms. The van der Waals surface area contributed by atoms with Gasteiger partial charge in [-0.15, -0.1) is 0 Å². The van der Waals surface area contributed by atoms with Crippen molar-refractivity contribution in [1.82, 2.24) is 5.32 Å². The van der Waals surface area contributed by atoms with Crippen molar-refractivity contribution in [2.75, 3.05) is 13.1 Å². The fourth-order valence-corrected chi connectivity index (χ4v) is 2.23. The molecule has 0 fully saturated rings. The van der Waals surface area contributed by atoms with Crippen molar-refractivity contribution < 1.29 is 4.79 Å². The van der Waals surface area contributed by atoms with Gasteiger partial charge in [0, 0.05) is 6.42 Å². The van der Waals surface area contributed by atoms with Crippen molar-refractivity contribution in [2.45, 2.75) is 84.0 Å². The van der Waals surface area contributed by atoms with E-state index in [4.69, 9.17) is 5.73 Å². The number of nitrogens with one attached hydrogen (secondary N) is 1. The molecule has 0 aromatic heterocycles. The van der Waals surface area contributed by atoms with Gasteiger partial charge in [0.1, 0.15) is 0 Å². The molecule has 0 spiro atoms. The number of hydrogen-bond donors (Lipinski definition) is 2. The van der Waals surface area contributed by atoms with Crippen LogP contribution in [0.5, 0.6) is 0 Å². The lowest BCUT2D eigenvalue weighted by Gasteiger charge is -2.04. The Morgan fingerprint density at radius 1 is 0.789 bits per heavy atom. The van der Waals surface area contributed by atoms with Gasteiger partial charge in [0.15, 0.2) is 0 Å². The average molecular weight is 270 g/mol. The SMILES string of the molecule is CCCCCCCCCCNCCCCCC(N)=O. The molecule has 114 valence electrons. The van der Waals surface area contributed by atoms with E-state index in [1.165, 1.54) is 51.4 Å². The fourth-order valence-electron chi connectivity index (χ4n) is 2.23. The summed E-state index contributed by atoms with van der Waals surface area (Å²) in [6, 6.07) is 0. The highest BCUT2D eigenvalue weighted by atomic mass is 16.1. The molecule has 0 radical (unpaired) electrons.